The van der Waals surface area contributed by atoms with E-state index in [0.29, 0.717) is 12.5 Å². The highest BCUT2D eigenvalue weighted by Gasteiger charge is 2.13. The molecule has 1 N–H and O–H groups in total. The molecular weight excluding hydrogens is 228 g/mol. The molecule has 1 atom stereocenters. The minimum Gasteiger partial charge on any atom is -0.396 e. The van der Waals surface area contributed by atoms with Crippen LogP contribution in [0.1, 0.15) is 59.8 Å². The van der Waals surface area contributed by atoms with E-state index in [4.69, 9.17) is 14.6 Å². The largest absolute Gasteiger partial charge is 0.396 e. The fourth-order valence-electron chi connectivity index (χ4n) is 1.54. The van der Waals surface area contributed by atoms with Crippen molar-refractivity contribution in [1.29, 1.82) is 0 Å². The molecule has 3 nitrogen and oxygen atoms in total. The molecule has 3 heteroatoms. The van der Waals surface area contributed by atoms with Crippen molar-refractivity contribution in [3.8, 4) is 0 Å². The Morgan fingerprint density at radius 1 is 1.11 bits per heavy atom. The second kappa shape index (κ2) is 11.9. The summed E-state index contributed by atoms with van der Waals surface area (Å²) in [5.41, 5.74) is 0. The highest BCUT2D eigenvalue weighted by atomic mass is 16.7. The third-order valence-electron chi connectivity index (χ3n) is 2.84. The van der Waals surface area contributed by atoms with Gasteiger partial charge in [-0.2, -0.15) is 0 Å². The molecule has 0 amide bonds. The predicted octanol–water partition coefficient (Wildman–Crippen LogP) is 3.60. The first-order valence-electron chi connectivity index (χ1n) is 7.40. The summed E-state index contributed by atoms with van der Waals surface area (Å²) in [6.45, 7) is 10.7. The van der Waals surface area contributed by atoms with E-state index in [0.717, 1.165) is 38.4 Å². The fourth-order valence-corrected chi connectivity index (χ4v) is 1.54. The molecule has 0 aromatic rings. The molecule has 1 aliphatic rings. The van der Waals surface area contributed by atoms with Crippen molar-refractivity contribution >= 4 is 0 Å². The quantitative estimate of drug-likeness (QED) is 0.793. The maximum Gasteiger partial charge on any atom is 0.157 e. The maximum absolute atomic E-state index is 8.24. The van der Waals surface area contributed by atoms with Crippen LogP contribution in [0.5, 0.6) is 0 Å². The van der Waals surface area contributed by atoms with Crippen LogP contribution >= 0.6 is 0 Å². The van der Waals surface area contributed by atoms with E-state index in [2.05, 4.69) is 27.7 Å². The first-order chi connectivity index (χ1) is 8.56. The highest BCUT2D eigenvalue weighted by molar-refractivity contribution is 4.54. The average Bonchev–Trinajstić information content (AvgIpc) is 2.30. The van der Waals surface area contributed by atoms with Gasteiger partial charge in [0.15, 0.2) is 6.29 Å². The van der Waals surface area contributed by atoms with Crippen LogP contribution in [0.25, 0.3) is 0 Å². The van der Waals surface area contributed by atoms with Gasteiger partial charge in [0.2, 0.25) is 0 Å². The zero-order valence-corrected chi connectivity index (χ0v) is 12.7. The van der Waals surface area contributed by atoms with Gasteiger partial charge >= 0.3 is 0 Å². The lowest BCUT2D eigenvalue weighted by atomic mass is 10.1. The number of ether oxygens (including phenoxy) is 2. The molecule has 0 aliphatic carbocycles. The molecule has 110 valence electrons. The first-order valence-corrected chi connectivity index (χ1v) is 7.40. The van der Waals surface area contributed by atoms with Gasteiger partial charge in [-0.15, -0.1) is 0 Å². The molecule has 1 unspecified atom stereocenters. The molecule has 1 rings (SSSR count). The van der Waals surface area contributed by atoms with Crippen molar-refractivity contribution in [3.05, 3.63) is 0 Å². The summed E-state index contributed by atoms with van der Waals surface area (Å²) < 4.78 is 11.0. The molecule has 1 aliphatic heterocycles. The monoisotopic (exact) mass is 260 g/mol. The Labute approximate surface area is 113 Å². The summed E-state index contributed by atoms with van der Waals surface area (Å²) in [6, 6.07) is 0. The summed E-state index contributed by atoms with van der Waals surface area (Å²) in [5.74, 6) is 1.38. The van der Waals surface area contributed by atoms with Gasteiger partial charge in [-0.05, 0) is 43.9 Å². The van der Waals surface area contributed by atoms with Crippen LogP contribution in [-0.2, 0) is 9.47 Å². The van der Waals surface area contributed by atoms with Gasteiger partial charge in [-0.1, -0.05) is 27.7 Å². The van der Waals surface area contributed by atoms with E-state index in [1.165, 1.54) is 12.8 Å². The lowest BCUT2D eigenvalue weighted by Crippen LogP contribution is -2.22. The SMILES string of the molecule is CC(C)CCO.CC(C)CCOC1CCCCO1. The third-order valence-corrected chi connectivity index (χ3v) is 2.84. The van der Waals surface area contributed by atoms with Gasteiger partial charge in [0, 0.05) is 19.8 Å². The van der Waals surface area contributed by atoms with Crippen LogP contribution in [0.15, 0.2) is 0 Å². The molecule has 1 saturated heterocycles. The van der Waals surface area contributed by atoms with Gasteiger partial charge in [-0.25, -0.2) is 0 Å². The van der Waals surface area contributed by atoms with E-state index < -0.39 is 0 Å². The summed E-state index contributed by atoms with van der Waals surface area (Å²) in [4.78, 5) is 0. The van der Waals surface area contributed by atoms with Gasteiger partial charge in [-0.3, -0.25) is 0 Å². The van der Waals surface area contributed by atoms with Gasteiger partial charge in [0.1, 0.15) is 0 Å². The van der Waals surface area contributed by atoms with Gasteiger partial charge in [0.05, 0.1) is 0 Å². The Morgan fingerprint density at radius 3 is 2.17 bits per heavy atom. The summed E-state index contributed by atoms with van der Waals surface area (Å²) in [5, 5.41) is 8.24. The lowest BCUT2D eigenvalue weighted by molar-refractivity contribution is -0.163. The normalized spacial score (nSPS) is 19.8. The molecule has 0 bridgehead atoms. The molecule has 1 heterocycles. The maximum atomic E-state index is 8.24. The van der Waals surface area contributed by atoms with Crippen molar-refractivity contribution in [3.63, 3.8) is 0 Å². The summed E-state index contributed by atoms with van der Waals surface area (Å²) in [6.07, 6.45) is 5.70. The molecule has 18 heavy (non-hydrogen) atoms. The topological polar surface area (TPSA) is 38.7 Å². The first kappa shape index (κ1) is 17.9. The van der Waals surface area contributed by atoms with Crippen molar-refractivity contribution in [2.75, 3.05) is 19.8 Å². The predicted molar refractivity (Wildman–Crippen MR) is 75.5 cm³/mol. The van der Waals surface area contributed by atoms with E-state index in [9.17, 15) is 0 Å². The summed E-state index contributed by atoms with van der Waals surface area (Å²) in [7, 11) is 0. The zero-order chi connectivity index (χ0) is 13.8. The van der Waals surface area contributed by atoms with E-state index in [1.54, 1.807) is 0 Å². The molecule has 0 spiro atoms. The molecule has 0 radical (unpaired) electrons. The smallest absolute Gasteiger partial charge is 0.157 e. The second-order valence-electron chi connectivity index (χ2n) is 5.76. The molecule has 0 aromatic carbocycles. The van der Waals surface area contributed by atoms with Crippen LogP contribution in [-0.4, -0.2) is 31.2 Å². The number of aliphatic hydroxyl groups excluding tert-OH is 1. The Morgan fingerprint density at radius 2 is 1.78 bits per heavy atom. The van der Waals surface area contributed by atoms with Crippen molar-refractivity contribution in [2.45, 2.75) is 66.1 Å². The van der Waals surface area contributed by atoms with Crippen LogP contribution in [0, 0.1) is 11.8 Å². The van der Waals surface area contributed by atoms with Crippen LogP contribution in [0.4, 0.5) is 0 Å². The van der Waals surface area contributed by atoms with E-state index in [1.807, 2.05) is 0 Å². The lowest BCUT2D eigenvalue weighted by Gasteiger charge is -2.22. The Hall–Kier alpha value is -0.120. The van der Waals surface area contributed by atoms with Crippen LogP contribution in [0.2, 0.25) is 0 Å². The van der Waals surface area contributed by atoms with E-state index in [-0.39, 0.29) is 6.29 Å². The van der Waals surface area contributed by atoms with Crippen LogP contribution < -0.4 is 0 Å². The third kappa shape index (κ3) is 12.3. The molecule has 0 aromatic heterocycles. The minimum absolute atomic E-state index is 0.0949. The standard InChI is InChI=1S/C10H20O2.C5H12O/c1-9(2)6-8-12-10-5-3-4-7-11-10;1-5(2)3-4-6/h9-10H,3-8H2,1-2H3;5-6H,3-4H2,1-2H3. The number of hydrogen-bond acceptors (Lipinski definition) is 3. The molecule has 0 saturated carbocycles. The minimum atomic E-state index is 0.0949. The van der Waals surface area contributed by atoms with Crippen LogP contribution in [0.3, 0.4) is 0 Å². The Balaban J connectivity index is 0.000000411. The number of rotatable bonds is 6. The Bertz CT molecular complexity index is 163. The number of aliphatic hydroxyl groups is 1. The highest BCUT2D eigenvalue weighted by Crippen LogP contribution is 2.14. The van der Waals surface area contributed by atoms with Crippen molar-refractivity contribution in [1.82, 2.24) is 0 Å². The molecular formula is C15H32O3. The second-order valence-corrected chi connectivity index (χ2v) is 5.76. The van der Waals surface area contributed by atoms with E-state index >= 15 is 0 Å². The van der Waals surface area contributed by atoms with Crippen molar-refractivity contribution < 1.29 is 14.6 Å². The van der Waals surface area contributed by atoms with Gasteiger partial charge in [0.25, 0.3) is 0 Å². The average molecular weight is 260 g/mol. The van der Waals surface area contributed by atoms with Crippen molar-refractivity contribution in [2.24, 2.45) is 11.8 Å². The zero-order valence-electron chi connectivity index (χ0n) is 12.7. The van der Waals surface area contributed by atoms with Gasteiger partial charge < -0.3 is 14.6 Å². The number of hydrogen-bond donors (Lipinski definition) is 1. The Kier molecular flexibility index (Phi) is 11.9. The summed E-state index contributed by atoms with van der Waals surface area (Å²) >= 11 is 0. The molecule has 1 fully saturated rings. The fraction of sp³-hybridized carbons (Fsp3) is 1.00.